The van der Waals surface area contributed by atoms with Crippen LogP contribution in [0.2, 0.25) is 0 Å². The van der Waals surface area contributed by atoms with Gasteiger partial charge in [0.25, 0.3) is 15.7 Å². The molecule has 2 aliphatic rings. The Bertz CT molecular complexity index is 878. The molecule has 3 rings (SSSR count). The van der Waals surface area contributed by atoms with Gasteiger partial charge in [-0.15, -0.1) is 0 Å². The van der Waals surface area contributed by atoms with Crippen molar-refractivity contribution in [3.8, 4) is 0 Å². The zero-order chi connectivity index (χ0) is 15.2. The Balaban J connectivity index is 2.40. The van der Waals surface area contributed by atoms with Crippen LogP contribution in [0, 0.1) is 10.1 Å². The summed E-state index contributed by atoms with van der Waals surface area (Å²) in [6.07, 6.45) is 4.41. The molecule has 0 radical (unpaired) electrons. The van der Waals surface area contributed by atoms with Gasteiger partial charge in [0, 0.05) is 41.5 Å². The Morgan fingerprint density at radius 1 is 1.29 bits per heavy atom. The number of hydrogen-bond donors (Lipinski definition) is 0. The van der Waals surface area contributed by atoms with E-state index in [1.165, 1.54) is 0 Å². The number of carbonyl (C=O) groups is 1. The molecule has 1 heterocycles. The zero-order valence-electron chi connectivity index (χ0n) is 10.5. The highest BCUT2D eigenvalue weighted by Crippen LogP contribution is 2.35. The SMILES string of the molecule is O=C1CC=CC2=C1c1cc([N+](=O)[O-])ccc1S(=O)(=O)N=C2. The summed E-state index contributed by atoms with van der Waals surface area (Å²) in [4.78, 5) is 22.2. The molecule has 106 valence electrons. The average molecular weight is 304 g/mol. The Morgan fingerprint density at radius 3 is 2.76 bits per heavy atom. The molecule has 0 spiro atoms. The van der Waals surface area contributed by atoms with Crippen LogP contribution in [0.3, 0.4) is 0 Å². The number of fused-ring (bicyclic) bond motifs is 2. The first kappa shape index (κ1) is 13.4. The molecule has 0 atom stereocenters. The van der Waals surface area contributed by atoms with E-state index in [-0.39, 0.29) is 33.9 Å². The van der Waals surface area contributed by atoms with Crippen LogP contribution in [0.4, 0.5) is 5.69 Å². The summed E-state index contributed by atoms with van der Waals surface area (Å²) in [7, 11) is -3.98. The minimum absolute atomic E-state index is 0.0334. The van der Waals surface area contributed by atoms with Gasteiger partial charge in [-0.1, -0.05) is 12.2 Å². The number of hydrogen-bond acceptors (Lipinski definition) is 5. The van der Waals surface area contributed by atoms with Gasteiger partial charge < -0.3 is 0 Å². The summed E-state index contributed by atoms with van der Waals surface area (Å²) in [6.45, 7) is 0. The Kier molecular flexibility index (Phi) is 2.84. The van der Waals surface area contributed by atoms with Gasteiger partial charge in [0.15, 0.2) is 5.78 Å². The van der Waals surface area contributed by atoms with Crippen LogP contribution in [0.15, 0.2) is 45.2 Å². The van der Waals surface area contributed by atoms with Gasteiger partial charge >= 0.3 is 0 Å². The van der Waals surface area contributed by atoms with E-state index in [2.05, 4.69) is 4.40 Å². The van der Waals surface area contributed by atoms with Gasteiger partial charge in [-0.3, -0.25) is 14.9 Å². The van der Waals surface area contributed by atoms with Crippen LogP contribution in [0.1, 0.15) is 12.0 Å². The maximum absolute atomic E-state index is 12.1. The largest absolute Gasteiger partial charge is 0.294 e. The smallest absolute Gasteiger partial charge is 0.282 e. The number of ketones is 1. The number of nitro benzene ring substituents is 1. The lowest BCUT2D eigenvalue weighted by Crippen LogP contribution is -2.09. The summed E-state index contributed by atoms with van der Waals surface area (Å²) in [5.41, 5.74) is 0.251. The summed E-state index contributed by atoms with van der Waals surface area (Å²) < 4.78 is 27.7. The maximum atomic E-state index is 12.1. The van der Waals surface area contributed by atoms with Crippen molar-refractivity contribution in [2.45, 2.75) is 11.3 Å². The second kappa shape index (κ2) is 4.45. The minimum Gasteiger partial charge on any atom is -0.294 e. The van der Waals surface area contributed by atoms with Crippen LogP contribution in [-0.4, -0.2) is 25.3 Å². The predicted molar refractivity (Wildman–Crippen MR) is 74.5 cm³/mol. The molecule has 8 heteroatoms. The lowest BCUT2D eigenvalue weighted by Gasteiger charge is -2.12. The van der Waals surface area contributed by atoms with E-state index in [1.54, 1.807) is 12.2 Å². The molecule has 1 aromatic rings. The van der Waals surface area contributed by atoms with Gasteiger partial charge in [-0.05, 0) is 6.07 Å². The first-order valence-electron chi connectivity index (χ1n) is 5.93. The number of nitro groups is 1. The maximum Gasteiger partial charge on any atom is 0.282 e. The Morgan fingerprint density at radius 2 is 2.05 bits per heavy atom. The lowest BCUT2D eigenvalue weighted by atomic mass is 9.91. The van der Waals surface area contributed by atoms with E-state index in [0.29, 0.717) is 5.57 Å². The topological polar surface area (TPSA) is 107 Å². The van der Waals surface area contributed by atoms with Gasteiger partial charge in [0.1, 0.15) is 0 Å². The van der Waals surface area contributed by atoms with Crippen molar-refractivity contribution in [2.75, 3.05) is 0 Å². The van der Waals surface area contributed by atoms with Crippen molar-refractivity contribution < 1.29 is 18.1 Å². The van der Waals surface area contributed by atoms with Crippen LogP contribution in [-0.2, 0) is 14.8 Å². The van der Waals surface area contributed by atoms with E-state index in [4.69, 9.17) is 0 Å². The number of carbonyl (C=O) groups excluding carboxylic acids is 1. The van der Waals surface area contributed by atoms with Gasteiger partial charge in [0.2, 0.25) is 0 Å². The van der Waals surface area contributed by atoms with E-state index in [1.807, 2.05) is 0 Å². The zero-order valence-corrected chi connectivity index (χ0v) is 11.3. The van der Waals surface area contributed by atoms with Crippen molar-refractivity contribution in [3.05, 3.63) is 51.6 Å². The van der Waals surface area contributed by atoms with E-state index >= 15 is 0 Å². The third-order valence-corrected chi connectivity index (χ3v) is 4.51. The third kappa shape index (κ3) is 2.09. The molecule has 0 aromatic heterocycles. The molecule has 0 amide bonds. The van der Waals surface area contributed by atoms with Crippen LogP contribution in [0.25, 0.3) is 5.57 Å². The van der Waals surface area contributed by atoms with E-state index in [9.17, 15) is 23.3 Å². The molecule has 1 aliphatic carbocycles. The number of rotatable bonds is 1. The molecule has 0 saturated carbocycles. The first-order valence-corrected chi connectivity index (χ1v) is 7.37. The van der Waals surface area contributed by atoms with E-state index in [0.717, 1.165) is 24.4 Å². The predicted octanol–water partition coefficient (Wildman–Crippen LogP) is 1.65. The number of benzene rings is 1. The molecule has 21 heavy (non-hydrogen) atoms. The van der Waals surface area contributed by atoms with Crippen molar-refractivity contribution in [3.63, 3.8) is 0 Å². The Labute approximate surface area is 119 Å². The molecule has 0 bridgehead atoms. The van der Waals surface area contributed by atoms with Crippen molar-refractivity contribution in [1.29, 1.82) is 0 Å². The fourth-order valence-corrected chi connectivity index (χ4v) is 3.33. The number of sulfonamides is 1. The van der Waals surface area contributed by atoms with Crippen molar-refractivity contribution in [2.24, 2.45) is 4.40 Å². The fourth-order valence-electron chi connectivity index (χ4n) is 2.29. The average Bonchev–Trinajstić information content (AvgIpc) is 2.55. The molecule has 0 unspecified atom stereocenters. The second-order valence-corrected chi connectivity index (χ2v) is 6.11. The quantitative estimate of drug-likeness (QED) is 0.579. The molecule has 0 N–H and O–H groups in total. The molecular weight excluding hydrogens is 296 g/mol. The molecule has 1 aliphatic heterocycles. The fraction of sp³-hybridized carbons (Fsp3) is 0.0769. The summed E-state index contributed by atoms with van der Waals surface area (Å²) in [5.74, 6) is -0.294. The highest BCUT2D eigenvalue weighted by molar-refractivity contribution is 7.90. The van der Waals surface area contributed by atoms with Crippen molar-refractivity contribution in [1.82, 2.24) is 0 Å². The third-order valence-electron chi connectivity index (χ3n) is 3.22. The van der Waals surface area contributed by atoms with Crippen molar-refractivity contribution >= 4 is 33.3 Å². The van der Waals surface area contributed by atoms with Crippen LogP contribution < -0.4 is 0 Å². The van der Waals surface area contributed by atoms with Gasteiger partial charge in [0.05, 0.1) is 9.82 Å². The highest BCUT2D eigenvalue weighted by Gasteiger charge is 2.30. The first-order chi connectivity index (χ1) is 9.90. The van der Waals surface area contributed by atoms with Gasteiger partial charge in [-0.25, -0.2) is 0 Å². The summed E-state index contributed by atoms with van der Waals surface area (Å²) in [6, 6.07) is 3.30. The molecule has 7 nitrogen and oxygen atoms in total. The number of allylic oxidation sites excluding steroid dienone is 4. The molecule has 0 fully saturated rings. The standard InChI is InChI=1S/C13H8N2O5S/c16-11-3-1-2-8-7-14-21(19,20)12-5-4-9(15(17)18)6-10(12)13(8)11/h1-2,4-7H,3H2. The number of Topliss-reactive ketones (excluding diaryl/α,β-unsaturated/α-hetero) is 1. The normalized spacial score (nSPS) is 19.0. The summed E-state index contributed by atoms with van der Waals surface area (Å²) in [5, 5.41) is 10.9. The van der Waals surface area contributed by atoms with Crippen LogP contribution >= 0.6 is 0 Å². The minimum atomic E-state index is -3.98. The number of nitrogens with zero attached hydrogens (tertiary/aromatic N) is 2. The summed E-state index contributed by atoms with van der Waals surface area (Å²) >= 11 is 0. The van der Waals surface area contributed by atoms with E-state index < -0.39 is 14.9 Å². The second-order valence-electron chi connectivity index (χ2n) is 4.51. The Hall–Kier alpha value is -2.61. The highest BCUT2D eigenvalue weighted by atomic mass is 32.2. The monoisotopic (exact) mass is 304 g/mol. The molecular formula is C13H8N2O5S. The molecule has 0 saturated heterocycles. The molecule has 1 aromatic carbocycles. The lowest BCUT2D eigenvalue weighted by molar-refractivity contribution is -0.384. The van der Waals surface area contributed by atoms with Crippen LogP contribution in [0.5, 0.6) is 0 Å². The number of non-ortho nitro benzene ring substituents is 1. The van der Waals surface area contributed by atoms with Gasteiger partial charge in [-0.2, -0.15) is 12.8 Å².